The van der Waals surface area contributed by atoms with Crippen LogP contribution in [0.1, 0.15) is 25.6 Å². The molecule has 0 aliphatic rings. The lowest BCUT2D eigenvalue weighted by molar-refractivity contribution is -0.137. The van der Waals surface area contributed by atoms with E-state index >= 15 is 0 Å². The molecule has 0 unspecified atom stereocenters. The van der Waals surface area contributed by atoms with Crippen LogP contribution in [-0.2, 0) is 11.3 Å². The maximum Gasteiger partial charge on any atom is 0.325 e. The second-order valence-electron chi connectivity index (χ2n) is 4.73. The van der Waals surface area contributed by atoms with Gasteiger partial charge in [0.1, 0.15) is 18.1 Å². The molecule has 1 N–H and O–H groups in total. The Balaban J connectivity index is 2.43. The second kappa shape index (κ2) is 5.73. The van der Waals surface area contributed by atoms with Crippen molar-refractivity contribution in [1.82, 2.24) is 14.8 Å². The summed E-state index contributed by atoms with van der Waals surface area (Å²) < 4.78 is 6.60. The van der Waals surface area contributed by atoms with Gasteiger partial charge in [-0.2, -0.15) is 5.10 Å². The molecule has 0 atom stereocenters. The third kappa shape index (κ3) is 2.96. The molecule has 0 saturated heterocycles. The fraction of sp³-hybridized carbons (Fsp3) is 0.357. The monoisotopic (exact) mass is 275 g/mol. The number of aromatic nitrogens is 3. The summed E-state index contributed by atoms with van der Waals surface area (Å²) in [5.74, 6) is 1.04. The van der Waals surface area contributed by atoms with E-state index in [9.17, 15) is 4.79 Å². The predicted octanol–water partition coefficient (Wildman–Crippen LogP) is 2.16. The zero-order valence-corrected chi connectivity index (χ0v) is 11.7. The van der Waals surface area contributed by atoms with Crippen molar-refractivity contribution >= 4 is 5.97 Å². The van der Waals surface area contributed by atoms with E-state index in [4.69, 9.17) is 9.84 Å². The van der Waals surface area contributed by atoms with Gasteiger partial charge < -0.3 is 9.84 Å². The van der Waals surface area contributed by atoms with Gasteiger partial charge in [0.15, 0.2) is 5.82 Å². The minimum absolute atomic E-state index is 0.0983. The Labute approximate surface area is 117 Å². The van der Waals surface area contributed by atoms with Crippen LogP contribution in [-0.4, -0.2) is 33.0 Å². The molecule has 0 saturated carbocycles. The molecule has 0 radical (unpaired) electrons. The molecule has 0 spiro atoms. The molecular weight excluding hydrogens is 258 g/mol. The quantitative estimate of drug-likeness (QED) is 0.904. The van der Waals surface area contributed by atoms with Crippen molar-refractivity contribution < 1.29 is 14.6 Å². The highest BCUT2D eigenvalue weighted by molar-refractivity contribution is 5.66. The molecule has 6 nitrogen and oxygen atoms in total. The van der Waals surface area contributed by atoms with E-state index in [0.717, 1.165) is 5.56 Å². The van der Waals surface area contributed by atoms with E-state index in [1.165, 1.54) is 4.68 Å². The maximum atomic E-state index is 10.9. The summed E-state index contributed by atoms with van der Waals surface area (Å²) in [5, 5.41) is 13.2. The number of aliphatic carboxylic acids is 1. The minimum Gasteiger partial charge on any atom is -0.497 e. The number of nitrogens with zero attached hydrogens (tertiary/aromatic N) is 3. The Morgan fingerprint density at radius 1 is 1.45 bits per heavy atom. The number of hydrogen-bond donors (Lipinski definition) is 1. The SMILES string of the molecule is COc1cccc(-c2nc(C(C)C)n(CC(=O)O)n2)c1. The molecule has 6 heteroatoms. The molecule has 2 rings (SSSR count). The molecule has 1 aromatic carbocycles. The molecule has 0 fully saturated rings. The summed E-state index contributed by atoms with van der Waals surface area (Å²) in [6, 6.07) is 7.37. The summed E-state index contributed by atoms with van der Waals surface area (Å²) >= 11 is 0. The maximum absolute atomic E-state index is 10.9. The van der Waals surface area contributed by atoms with Crippen LogP contribution >= 0.6 is 0 Å². The van der Waals surface area contributed by atoms with Gasteiger partial charge in [0.2, 0.25) is 0 Å². The summed E-state index contributed by atoms with van der Waals surface area (Å²) in [6.07, 6.45) is 0. The van der Waals surface area contributed by atoms with Crippen LogP contribution in [0.25, 0.3) is 11.4 Å². The molecule has 106 valence electrons. The van der Waals surface area contributed by atoms with Gasteiger partial charge in [-0.1, -0.05) is 26.0 Å². The van der Waals surface area contributed by atoms with Gasteiger partial charge in [-0.05, 0) is 12.1 Å². The molecular formula is C14H17N3O3. The fourth-order valence-electron chi connectivity index (χ4n) is 1.91. The first-order chi connectivity index (χ1) is 9.51. The number of carboxylic acid groups (broad SMARTS) is 1. The van der Waals surface area contributed by atoms with Crippen molar-refractivity contribution in [1.29, 1.82) is 0 Å². The molecule has 0 amide bonds. The van der Waals surface area contributed by atoms with Gasteiger partial charge in [-0.3, -0.25) is 4.79 Å². The van der Waals surface area contributed by atoms with E-state index in [-0.39, 0.29) is 12.5 Å². The standard InChI is InChI=1S/C14H17N3O3/c1-9(2)14-15-13(16-17(14)8-12(18)19)10-5-4-6-11(7-10)20-3/h4-7,9H,8H2,1-3H3,(H,18,19). The van der Waals surface area contributed by atoms with Gasteiger partial charge in [0.05, 0.1) is 7.11 Å². The number of hydrogen-bond acceptors (Lipinski definition) is 4. The van der Waals surface area contributed by atoms with E-state index in [2.05, 4.69) is 10.1 Å². The van der Waals surface area contributed by atoms with Gasteiger partial charge in [0, 0.05) is 11.5 Å². The molecule has 0 bridgehead atoms. The van der Waals surface area contributed by atoms with Crippen molar-refractivity contribution in [2.45, 2.75) is 26.3 Å². The van der Waals surface area contributed by atoms with Crippen LogP contribution in [0.3, 0.4) is 0 Å². The van der Waals surface area contributed by atoms with Gasteiger partial charge in [0.25, 0.3) is 0 Å². The number of benzene rings is 1. The summed E-state index contributed by atoms with van der Waals surface area (Å²) in [5.41, 5.74) is 0.801. The third-order valence-electron chi connectivity index (χ3n) is 2.83. The van der Waals surface area contributed by atoms with Gasteiger partial charge in [-0.25, -0.2) is 9.67 Å². The molecule has 1 aromatic heterocycles. The average Bonchev–Trinajstić information content (AvgIpc) is 2.82. The lowest BCUT2D eigenvalue weighted by Crippen LogP contribution is -2.14. The third-order valence-corrected chi connectivity index (χ3v) is 2.83. The van der Waals surface area contributed by atoms with E-state index < -0.39 is 5.97 Å². The Morgan fingerprint density at radius 3 is 2.80 bits per heavy atom. The fourth-order valence-corrected chi connectivity index (χ4v) is 1.91. The zero-order valence-electron chi connectivity index (χ0n) is 11.7. The van der Waals surface area contributed by atoms with Crippen LogP contribution in [0.5, 0.6) is 5.75 Å². The van der Waals surface area contributed by atoms with Gasteiger partial charge >= 0.3 is 5.97 Å². The molecule has 20 heavy (non-hydrogen) atoms. The number of carboxylic acids is 1. The lowest BCUT2D eigenvalue weighted by atomic mass is 10.2. The first-order valence-corrected chi connectivity index (χ1v) is 6.32. The number of methoxy groups -OCH3 is 1. The highest BCUT2D eigenvalue weighted by Crippen LogP contribution is 2.23. The van der Waals surface area contributed by atoms with E-state index in [1.807, 2.05) is 38.1 Å². The Kier molecular flexibility index (Phi) is 4.02. The van der Waals surface area contributed by atoms with Crippen LogP contribution in [0, 0.1) is 0 Å². The van der Waals surface area contributed by atoms with Crippen molar-refractivity contribution in [3.63, 3.8) is 0 Å². The molecule has 0 aliphatic heterocycles. The van der Waals surface area contributed by atoms with Crippen LogP contribution in [0.2, 0.25) is 0 Å². The number of carbonyl (C=O) groups is 1. The predicted molar refractivity (Wildman–Crippen MR) is 73.7 cm³/mol. The van der Waals surface area contributed by atoms with E-state index in [0.29, 0.717) is 17.4 Å². The summed E-state index contributed by atoms with van der Waals surface area (Å²) in [7, 11) is 1.59. The Morgan fingerprint density at radius 2 is 2.20 bits per heavy atom. The van der Waals surface area contributed by atoms with Crippen LogP contribution in [0.15, 0.2) is 24.3 Å². The number of rotatable bonds is 5. The largest absolute Gasteiger partial charge is 0.497 e. The molecule has 2 aromatic rings. The van der Waals surface area contributed by atoms with Crippen molar-refractivity contribution in [3.05, 3.63) is 30.1 Å². The average molecular weight is 275 g/mol. The normalized spacial score (nSPS) is 10.8. The Bertz CT molecular complexity index is 620. The molecule has 1 heterocycles. The van der Waals surface area contributed by atoms with Crippen molar-refractivity contribution in [2.75, 3.05) is 7.11 Å². The van der Waals surface area contributed by atoms with Crippen LogP contribution in [0.4, 0.5) is 0 Å². The smallest absolute Gasteiger partial charge is 0.325 e. The van der Waals surface area contributed by atoms with Crippen molar-refractivity contribution in [2.24, 2.45) is 0 Å². The zero-order chi connectivity index (χ0) is 14.7. The van der Waals surface area contributed by atoms with Gasteiger partial charge in [-0.15, -0.1) is 0 Å². The van der Waals surface area contributed by atoms with E-state index in [1.54, 1.807) is 7.11 Å². The summed E-state index contributed by atoms with van der Waals surface area (Å²) in [4.78, 5) is 15.3. The lowest BCUT2D eigenvalue weighted by Gasteiger charge is -2.04. The number of ether oxygens (including phenoxy) is 1. The van der Waals surface area contributed by atoms with Crippen LogP contribution < -0.4 is 4.74 Å². The molecule has 0 aliphatic carbocycles. The first kappa shape index (κ1) is 14.0. The van der Waals surface area contributed by atoms with Crippen molar-refractivity contribution in [3.8, 4) is 17.1 Å². The highest BCUT2D eigenvalue weighted by atomic mass is 16.5. The minimum atomic E-state index is -0.936. The second-order valence-corrected chi connectivity index (χ2v) is 4.73. The highest BCUT2D eigenvalue weighted by Gasteiger charge is 2.16. The Hall–Kier alpha value is -2.37. The first-order valence-electron chi connectivity index (χ1n) is 6.32. The topological polar surface area (TPSA) is 77.2 Å². The summed E-state index contributed by atoms with van der Waals surface area (Å²) in [6.45, 7) is 3.72.